The summed E-state index contributed by atoms with van der Waals surface area (Å²) < 4.78 is 6.65. The van der Waals surface area contributed by atoms with Crippen molar-refractivity contribution in [3.8, 4) is 5.75 Å². The number of rotatable bonds is 4. The molecule has 0 spiro atoms. The van der Waals surface area contributed by atoms with Crippen molar-refractivity contribution in [1.82, 2.24) is 9.80 Å². The number of halogens is 1. The fourth-order valence-corrected chi connectivity index (χ4v) is 5.43. The Hall–Kier alpha value is -0.580. The van der Waals surface area contributed by atoms with Crippen molar-refractivity contribution in [2.45, 2.75) is 38.3 Å². The zero-order valence-electron chi connectivity index (χ0n) is 14.0. The van der Waals surface area contributed by atoms with E-state index in [0.717, 1.165) is 34.6 Å². The third-order valence-corrected chi connectivity index (χ3v) is 6.71. The van der Waals surface area contributed by atoms with E-state index in [1.165, 1.54) is 57.4 Å². The minimum atomic E-state index is 0.899. The summed E-state index contributed by atoms with van der Waals surface area (Å²) in [5.41, 5.74) is 1.29. The third kappa shape index (κ3) is 3.31. The monoisotopic (exact) mass is 378 g/mol. The Morgan fingerprint density at radius 3 is 2.61 bits per heavy atom. The molecule has 3 fully saturated rings. The Balaban J connectivity index is 1.34. The maximum Gasteiger partial charge on any atom is 0.123 e. The number of ether oxygens (including phenoxy) is 1. The maximum atomic E-state index is 5.52. The predicted molar refractivity (Wildman–Crippen MR) is 96.8 cm³/mol. The van der Waals surface area contributed by atoms with Gasteiger partial charge >= 0.3 is 0 Å². The van der Waals surface area contributed by atoms with Crippen LogP contribution in [0.5, 0.6) is 5.75 Å². The second-order valence-corrected chi connectivity index (χ2v) is 8.43. The van der Waals surface area contributed by atoms with Crippen LogP contribution < -0.4 is 4.74 Å². The van der Waals surface area contributed by atoms with Gasteiger partial charge in [-0.05, 0) is 49.3 Å². The number of nitrogens with zero attached hydrogens (tertiary/aromatic N) is 2. The number of hydrogen-bond acceptors (Lipinski definition) is 3. The molecule has 2 saturated carbocycles. The molecule has 0 N–H and O–H groups in total. The number of piperazine rings is 1. The second kappa shape index (κ2) is 6.73. The number of benzene rings is 1. The molecule has 23 heavy (non-hydrogen) atoms. The van der Waals surface area contributed by atoms with E-state index in [1.807, 2.05) is 0 Å². The van der Waals surface area contributed by atoms with Gasteiger partial charge in [-0.25, -0.2) is 0 Å². The van der Waals surface area contributed by atoms with Crippen LogP contribution >= 0.6 is 15.9 Å². The summed E-state index contributed by atoms with van der Waals surface area (Å²) in [5.74, 6) is 3.06. The van der Waals surface area contributed by atoms with Crippen LogP contribution in [0.1, 0.15) is 31.2 Å². The van der Waals surface area contributed by atoms with E-state index in [0.29, 0.717) is 0 Å². The van der Waals surface area contributed by atoms with Gasteiger partial charge in [0.2, 0.25) is 0 Å². The standard InChI is InChI=1S/C19H27BrN2O/c1-23-19-5-4-17(20)12-16(19)13-21-6-8-22(9-7-21)18-11-14-2-3-15(18)10-14/h4-5,12,14-15,18H,2-3,6-11,13H2,1H3/t14-,15-,18+/m1/s1. The highest BCUT2D eigenvalue weighted by Crippen LogP contribution is 2.46. The van der Waals surface area contributed by atoms with E-state index >= 15 is 0 Å². The summed E-state index contributed by atoms with van der Waals surface area (Å²) in [6.07, 6.45) is 5.98. The van der Waals surface area contributed by atoms with Crippen molar-refractivity contribution in [3.05, 3.63) is 28.2 Å². The molecule has 3 nitrogen and oxygen atoms in total. The molecule has 0 aromatic heterocycles. The van der Waals surface area contributed by atoms with Crippen molar-refractivity contribution in [1.29, 1.82) is 0 Å². The fraction of sp³-hybridized carbons (Fsp3) is 0.684. The molecular formula is C19H27BrN2O. The van der Waals surface area contributed by atoms with Gasteiger partial charge in [0, 0.05) is 48.8 Å². The Bertz CT molecular complexity index is 556. The fourth-order valence-electron chi connectivity index (χ4n) is 5.02. The molecule has 2 aliphatic carbocycles. The molecule has 126 valence electrons. The minimum Gasteiger partial charge on any atom is -0.496 e. The van der Waals surface area contributed by atoms with Gasteiger partial charge in [0.1, 0.15) is 5.75 Å². The van der Waals surface area contributed by atoms with Crippen molar-refractivity contribution in [3.63, 3.8) is 0 Å². The van der Waals surface area contributed by atoms with E-state index in [4.69, 9.17) is 4.74 Å². The molecule has 1 aliphatic heterocycles. The van der Waals surface area contributed by atoms with E-state index in [9.17, 15) is 0 Å². The van der Waals surface area contributed by atoms with Crippen LogP contribution in [0.2, 0.25) is 0 Å². The van der Waals surface area contributed by atoms with Gasteiger partial charge in [-0.1, -0.05) is 22.4 Å². The summed E-state index contributed by atoms with van der Waals surface area (Å²) in [4.78, 5) is 5.37. The van der Waals surface area contributed by atoms with Gasteiger partial charge < -0.3 is 4.74 Å². The van der Waals surface area contributed by atoms with Gasteiger partial charge in [0.05, 0.1) is 7.11 Å². The van der Waals surface area contributed by atoms with Crippen molar-refractivity contribution in [2.24, 2.45) is 11.8 Å². The summed E-state index contributed by atoms with van der Waals surface area (Å²) in [5, 5.41) is 0. The average Bonchev–Trinajstić information content (AvgIpc) is 3.19. The van der Waals surface area contributed by atoms with Crippen LogP contribution in [0.3, 0.4) is 0 Å². The molecule has 4 heteroatoms. The van der Waals surface area contributed by atoms with Gasteiger partial charge in [0.25, 0.3) is 0 Å². The first-order valence-electron chi connectivity index (χ1n) is 9.02. The molecule has 0 amide bonds. The van der Waals surface area contributed by atoms with Crippen LogP contribution in [0.15, 0.2) is 22.7 Å². The summed E-state index contributed by atoms with van der Waals surface area (Å²) in [6.45, 7) is 5.84. The van der Waals surface area contributed by atoms with Crippen LogP contribution in [-0.4, -0.2) is 49.1 Å². The van der Waals surface area contributed by atoms with E-state index < -0.39 is 0 Å². The molecular weight excluding hydrogens is 352 g/mol. The normalized spacial score (nSPS) is 31.7. The Morgan fingerprint density at radius 1 is 1.13 bits per heavy atom. The van der Waals surface area contributed by atoms with Gasteiger partial charge in [-0.2, -0.15) is 0 Å². The van der Waals surface area contributed by atoms with Crippen LogP contribution in [0.4, 0.5) is 0 Å². The van der Waals surface area contributed by atoms with E-state index in [1.54, 1.807) is 7.11 Å². The summed E-state index contributed by atoms with van der Waals surface area (Å²) >= 11 is 3.58. The number of methoxy groups -OCH3 is 1. The van der Waals surface area contributed by atoms with Gasteiger partial charge in [-0.15, -0.1) is 0 Å². The summed E-state index contributed by atoms with van der Waals surface area (Å²) in [6, 6.07) is 7.21. The van der Waals surface area contributed by atoms with Crippen molar-refractivity contribution < 1.29 is 4.74 Å². The molecule has 1 heterocycles. The molecule has 4 rings (SSSR count). The minimum absolute atomic E-state index is 0.899. The Labute approximate surface area is 148 Å². The largest absolute Gasteiger partial charge is 0.496 e. The highest BCUT2D eigenvalue weighted by molar-refractivity contribution is 9.10. The average molecular weight is 379 g/mol. The Kier molecular flexibility index (Phi) is 4.66. The van der Waals surface area contributed by atoms with Gasteiger partial charge in [-0.3, -0.25) is 9.80 Å². The summed E-state index contributed by atoms with van der Waals surface area (Å²) in [7, 11) is 1.76. The lowest BCUT2D eigenvalue weighted by Gasteiger charge is -2.41. The zero-order chi connectivity index (χ0) is 15.8. The quantitative estimate of drug-likeness (QED) is 0.792. The first-order chi connectivity index (χ1) is 11.2. The molecule has 0 radical (unpaired) electrons. The smallest absolute Gasteiger partial charge is 0.123 e. The zero-order valence-corrected chi connectivity index (χ0v) is 15.6. The lowest BCUT2D eigenvalue weighted by molar-refractivity contribution is 0.0676. The molecule has 0 unspecified atom stereocenters. The molecule has 1 aromatic rings. The molecule has 3 aliphatic rings. The first kappa shape index (κ1) is 15.9. The lowest BCUT2D eigenvalue weighted by atomic mass is 9.93. The number of hydrogen-bond donors (Lipinski definition) is 0. The maximum absolute atomic E-state index is 5.52. The van der Waals surface area contributed by atoms with Crippen LogP contribution in [0, 0.1) is 11.8 Å². The van der Waals surface area contributed by atoms with Crippen molar-refractivity contribution in [2.75, 3.05) is 33.3 Å². The lowest BCUT2D eigenvalue weighted by Crippen LogP contribution is -2.51. The van der Waals surface area contributed by atoms with Gasteiger partial charge in [0.15, 0.2) is 0 Å². The Morgan fingerprint density at radius 2 is 1.96 bits per heavy atom. The highest BCUT2D eigenvalue weighted by atomic mass is 79.9. The molecule has 1 aromatic carbocycles. The molecule has 2 bridgehead atoms. The highest BCUT2D eigenvalue weighted by Gasteiger charge is 2.42. The third-order valence-electron chi connectivity index (χ3n) is 6.21. The topological polar surface area (TPSA) is 15.7 Å². The SMILES string of the molecule is COc1ccc(Br)cc1CN1CCN([C@H]2C[C@@H]3CC[C@@H]2C3)CC1. The second-order valence-electron chi connectivity index (χ2n) is 7.51. The van der Waals surface area contributed by atoms with Crippen LogP contribution in [-0.2, 0) is 6.54 Å². The van der Waals surface area contributed by atoms with E-state index in [2.05, 4.69) is 43.9 Å². The first-order valence-corrected chi connectivity index (χ1v) is 9.81. The molecule has 1 saturated heterocycles. The van der Waals surface area contributed by atoms with Crippen LogP contribution in [0.25, 0.3) is 0 Å². The number of fused-ring (bicyclic) bond motifs is 2. The van der Waals surface area contributed by atoms with Crippen molar-refractivity contribution >= 4 is 15.9 Å². The van der Waals surface area contributed by atoms with E-state index in [-0.39, 0.29) is 0 Å². The molecule has 3 atom stereocenters. The predicted octanol–water partition coefficient (Wildman–Crippen LogP) is 3.76.